The zero-order valence-electron chi connectivity index (χ0n) is 14.1. The van der Waals surface area contributed by atoms with Crippen molar-refractivity contribution in [1.82, 2.24) is 9.80 Å². The zero-order chi connectivity index (χ0) is 17.1. The quantitative estimate of drug-likeness (QED) is 0.580. The van der Waals surface area contributed by atoms with Crippen molar-refractivity contribution >= 4 is 0 Å². The van der Waals surface area contributed by atoms with E-state index < -0.39 is 0 Å². The molecule has 0 spiro atoms. The van der Waals surface area contributed by atoms with Crippen LogP contribution in [0.4, 0.5) is 0 Å². The van der Waals surface area contributed by atoms with Crippen LogP contribution in [-0.2, 0) is 13.1 Å². The summed E-state index contributed by atoms with van der Waals surface area (Å²) in [5.41, 5.74) is 1.38. The van der Waals surface area contributed by atoms with E-state index in [0.29, 0.717) is 24.2 Å². The SMILES string of the molecule is OC[C@@H]1CCCN1Cc1ccc(CN2CCC[C@H]2CO)c(O)c1O. The molecular formula is C18H28N2O4. The lowest BCUT2D eigenvalue weighted by molar-refractivity contribution is 0.151. The predicted octanol–water partition coefficient (Wildman–Crippen LogP) is 1.01. The number of phenols is 2. The van der Waals surface area contributed by atoms with E-state index in [9.17, 15) is 20.4 Å². The number of phenolic OH excluding ortho intramolecular Hbond substituents is 2. The lowest BCUT2D eigenvalue weighted by atomic mass is 10.1. The second-order valence-electron chi connectivity index (χ2n) is 6.98. The normalized spacial score (nSPS) is 25.6. The first-order chi connectivity index (χ1) is 11.6. The molecule has 3 rings (SSSR count). The Hall–Kier alpha value is -1.34. The lowest BCUT2D eigenvalue weighted by Gasteiger charge is -2.25. The maximum absolute atomic E-state index is 10.4. The summed E-state index contributed by atoms with van der Waals surface area (Å²) < 4.78 is 0. The van der Waals surface area contributed by atoms with E-state index in [0.717, 1.165) is 38.8 Å². The molecule has 2 atom stereocenters. The largest absolute Gasteiger partial charge is 0.504 e. The van der Waals surface area contributed by atoms with Crippen LogP contribution in [0.3, 0.4) is 0 Å². The van der Waals surface area contributed by atoms with Crippen molar-refractivity contribution in [2.75, 3.05) is 26.3 Å². The van der Waals surface area contributed by atoms with Gasteiger partial charge in [0.1, 0.15) is 0 Å². The van der Waals surface area contributed by atoms with Gasteiger partial charge in [0, 0.05) is 36.3 Å². The van der Waals surface area contributed by atoms with Crippen LogP contribution in [-0.4, -0.2) is 68.6 Å². The summed E-state index contributed by atoms with van der Waals surface area (Å²) >= 11 is 0. The van der Waals surface area contributed by atoms with Crippen LogP contribution in [0, 0.1) is 0 Å². The smallest absolute Gasteiger partial charge is 0.162 e. The average molecular weight is 336 g/mol. The molecule has 6 heteroatoms. The first-order valence-electron chi connectivity index (χ1n) is 8.86. The van der Waals surface area contributed by atoms with Gasteiger partial charge in [0.15, 0.2) is 11.5 Å². The highest BCUT2D eigenvalue weighted by atomic mass is 16.3. The minimum absolute atomic E-state index is 0.0594. The Bertz CT molecular complexity index is 517. The van der Waals surface area contributed by atoms with Gasteiger partial charge in [-0.2, -0.15) is 0 Å². The monoisotopic (exact) mass is 336 g/mol. The Morgan fingerprint density at radius 3 is 1.58 bits per heavy atom. The van der Waals surface area contributed by atoms with Crippen LogP contribution in [0.5, 0.6) is 11.5 Å². The van der Waals surface area contributed by atoms with E-state index in [1.807, 2.05) is 12.1 Å². The third-order valence-electron chi connectivity index (χ3n) is 5.48. The first kappa shape index (κ1) is 17.5. The molecule has 0 unspecified atom stereocenters. The van der Waals surface area contributed by atoms with Crippen molar-refractivity contribution in [1.29, 1.82) is 0 Å². The molecule has 0 aromatic heterocycles. The first-order valence-corrected chi connectivity index (χ1v) is 8.86. The molecule has 2 saturated heterocycles. The van der Waals surface area contributed by atoms with Gasteiger partial charge in [0.2, 0.25) is 0 Å². The molecule has 0 radical (unpaired) electrons. The zero-order valence-corrected chi connectivity index (χ0v) is 14.1. The Labute approximate surface area is 142 Å². The van der Waals surface area contributed by atoms with Crippen molar-refractivity contribution in [3.63, 3.8) is 0 Å². The van der Waals surface area contributed by atoms with Gasteiger partial charge in [-0.15, -0.1) is 0 Å². The molecule has 2 fully saturated rings. The minimum Gasteiger partial charge on any atom is -0.504 e. The van der Waals surface area contributed by atoms with Crippen molar-refractivity contribution in [3.05, 3.63) is 23.3 Å². The van der Waals surface area contributed by atoms with Crippen LogP contribution < -0.4 is 0 Å². The van der Waals surface area contributed by atoms with E-state index in [2.05, 4.69) is 9.80 Å². The van der Waals surface area contributed by atoms with Crippen molar-refractivity contribution < 1.29 is 20.4 Å². The molecule has 1 aromatic carbocycles. The van der Waals surface area contributed by atoms with E-state index in [1.165, 1.54) is 0 Å². The van der Waals surface area contributed by atoms with Crippen LogP contribution in [0.1, 0.15) is 36.8 Å². The highest BCUT2D eigenvalue weighted by Gasteiger charge is 2.27. The maximum atomic E-state index is 10.4. The number of aliphatic hydroxyl groups excluding tert-OH is 2. The molecule has 0 saturated carbocycles. The average Bonchev–Trinajstić information content (AvgIpc) is 3.23. The highest BCUT2D eigenvalue weighted by molar-refractivity contribution is 5.50. The van der Waals surface area contributed by atoms with Crippen LogP contribution in [0.25, 0.3) is 0 Å². The molecule has 0 bridgehead atoms. The summed E-state index contributed by atoms with van der Waals surface area (Å²) in [6, 6.07) is 4.00. The molecule has 134 valence electrons. The molecule has 0 amide bonds. The number of hydrogen-bond acceptors (Lipinski definition) is 6. The lowest BCUT2D eigenvalue weighted by Crippen LogP contribution is -2.32. The Morgan fingerprint density at radius 1 is 0.792 bits per heavy atom. The molecule has 4 N–H and O–H groups in total. The fraction of sp³-hybridized carbons (Fsp3) is 0.667. The molecule has 6 nitrogen and oxygen atoms in total. The second kappa shape index (κ2) is 7.70. The highest BCUT2D eigenvalue weighted by Crippen LogP contribution is 2.36. The molecule has 2 heterocycles. The minimum atomic E-state index is -0.0594. The van der Waals surface area contributed by atoms with Crippen molar-refractivity contribution in [2.24, 2.45) is 0 Å². The summed E-state index contributed by atoms with van der Waals surface area (Å²) in [5.74, 6) is -0.119. The topological polar surface area (TPSA) is 87.4 Å². The molecule has 24 heavy (non-hydrogen) atoms. The summed E-state index contributed by atoms with van der Waals surface area (Å²) in [7, 11) is 0. The Morgan fingerprint density at radius 2 is 1.21 bits per heavy atom. The van der Waals surface area contributed by atoms with Gasteiger partial charge in [-0.05, 0) is 38.8 Å². The fourth-order valence-electron chi connectivity index (χ4n) is 3.98. The van der Waals surface area contributed by atoms with Crippen LogP contribution in [0.2, 0.25) is 0 Å². The number of aliphatic hydroxyl groups is 2. The number of hydrogen-bond donors (Lipinski definition) is 4. The van der Waals surface area contributed by atoms with E-state index in [4.69, 9.17) is 0 Å². The number of rotatable bonds is 6. The number of aromatic hydroxyl groups is 2. The van der Waals surface area contributed by atoms with Crippen molar-refractivity contribution in [3.8, 4) is 11.5 Å². The maximum Gasteiger partial charge on any atom is 0.162 e. The van der Waals surface area contributed by atoms with Gasteiger partial charge in [0.05, 0.1) is 13.2 Å². The molecular weight excluding hydrogens is 308 g/mol. The summed E-state index contributed by atoms with van der Waals surface area (Å²) in [5, 5.41) is 39.6. The number of benzene rings is 1. The summed E-state index contributed by atoms with van der Waals surface area (Å²) in [6.07, 6.45) is 4.04. The van der Waals surface area contributed by atoms with Gasteiger partial charge in [-0.25, -0.2) is 0 Å². The van der Waals surface area contributed by atoms with Gasteiger partial charge >= 0.3 is 0 Å². The van der Waals surface area contributed by atoms with Gasteiger partial charge in [-0.1, -0.05) is 12.1 Å². The van der Waals surface area contributed by atoms with Gasteiger partial charge in [0.25, 0.3) is 0 Å². The van der Waals surface area contributed by atoms with Crippen LogP contribution >= 0.6 is 0 Å². The molecule has 1 aromatic rings. The van der Waals surface area contributed by atoms with E-state index >= 15 is 0 Å². The summed E-state index contributed by atoms with van der Waals surface area (Å²) in [4.78, 5) is 4.30. The van der Waals surface area contributed by atoms with Gasteiger partial charge in [-0.3, -0.25) is 9.80 Å². The van der Waals surface area contributed by atoms with E-state index in [1.54, 1.807) is 0 Å². The van der Waals surface area contributed by atoms with E-state index in [-0.39, 0.29) is 36.8 Å². The fourth-order valence-corrected chi connectivity index (χ4v) is 3.98. The second-order valence-corrected chi connectivity index (χ2v) is 6.98. The molecule has 2 aliphatic heterocycles. The third kappa shape index (κ3) is 3.52. The third-order valence-corrected chi connectivity index (χ3v) is 5.48. The Balaban J connectivity index is 1.71. The number of nitrogens with zero attached hydrogens (tertiary/aromatic N) is 2. The summed E-state index contributed by atoms with van der Waals surface area (Å²) in [6.45, 7) is 3.13. The van der Waals surface area contributed by atoms with Crippen molar-refractivity contribution in [2.45, 2.75) is 50.9 Å². The molecule has 2 aliphatic rings. The number of likely N-dealkylation sites (tertiary alicyclic amines) is 2. The standard InChI is InChI=1S/C18H28N2O4/c21-11-15-3-1-7-19(15)9-13-5-6-14(18(24)17(13)23)10-20-8-2-4-16(20)12-22/h5-6,15-16,21-24H,1-4,7-12H2/t15-,16-/m0/s1. The van der Waals surface area contributed by atoms with Gasteiger partial charge < -0.3 is 20.4 Å². The predicted molar refractivity (Wildman–Crippen MR) is 90.8 cm³/mol. The van der Waals surface area contributed by atoms with Crippen LogP contribution in [0.15, 0.2) is 12.1 Å². The Kier molecular flexibility index (Phi) is 5.61. The molecule has 0 aliphatic carbocycles.